The molecule has 1 fully saturated rings. The van der Waals surface area contributed by atoms with Crippen molar-refractivity contribution in [3.05, 3.63) is 0 Å². The molecule has 0 bridgehead atoms. The fraction of sp³-hybridized carbons (Fsp3) is 1.00. The van der Waals surface area contributed by atoms with Gasteiger partial charge in [0.2, 0.25) is 0 Å². The molecule has 0 aromatic rings. The van der Waals surface area contributed by atoms with E-state index in [1.165, 1.54) is 0 Å². The van der Waals surface area contributed by atoms with Crippen molar-refractivity contribution < 1.29 is 10.2 Å². The fourth-order valence-electron chi connectivity index (χ4n) is 1.48. The Morgan fingerprint density at radius 1 is 1.64 bits per heavy atom. The Morgan fingerprint density at radius 2 is 2.36 bits per heavy atom. The third kappa shape index (κ3) is 2.77. The molecular formula is C8H17NO2. The van der Waals surface area contributed by atoms with Gasteiger partial charge in [-0.15, -0.1) is 0 Å². The van der Waals surface area contributed by atoms with Crippen molar-refractivity contribution >= 4 is 0 Å². The molecule has 2 N–H and O–H groups in total. The van der Waals surface area contributed by atoms with Crippen LogP contribution < -0.4 is 0 Å². The van der Waals surface area contributed by atoms with E-state index < -0.39 is 0 Å². The van der Waals surface area contributed by atoms with Gasteiger partial charge in [0.05, 0.1) is 6.10 Å². The highest BCUT2D eigenvalue weighted by Crippen LogP contribution is 2.10. The van der Waals surface area contributed by atoms with Gasteiger partial charge < -0.3 is 15.1 Å². The van der Waals surface area contributed by atoms with E-state index in [1.807, 2.05) is 6.92 Å². The number of β-amino-alcohol motifs (C(OH)–C–C–N with tert-alkyl or cyclic N) is 1. The zero-order valence-corrected chi connectivity index (χ0v) is 7.03. The maximum Gasteiger partial charge on any atom is 0.0679 e. The summed E-state index contributed by atoms with van der Waals surface area (Å²) in [5.41, 5.74) is 0. The lowest BCUT2D eigenvalue weighted by atomic mass is 10.2. The first-order valence-electron chi connectivity index (χ1n) is 4.23. The van der Waals surface area contributed by atoms with Crippen LogP contribution in [0.2, 0.25) is 0 Å². The van der Waals surface area contributed by atoms with Gasteiger partial charge in [0.25, 0.3) is 0 Å². The second kappa shape index (κ2) is 4.04. The van der Waals surface area contributed by atoms with Gasteiger partial charge in [-0.1, -0.05) is 6.92 Å². The number of likely N-dealkylation sites (tertiary alicyclic amines) is 1. The van der Waals surface area contributed by atoms with Crippen molar-refractivity contribution in [3.63, 3.8) is 0 Å². The van der Waals surface area contributed by atoms with E-state index >= 15 is 0 Å². The zero-order valence-electron chi connectivity index (χ0n) is 7.03. The molecule has 1 rings (SSSR count). The minimum Gasteiger partial charge on any atom is -0.396 e. The van der Waals surface area contributed by atoms with E-state index in [0.29, 0.717) is 5.92 Å². The van der Waals surface area contributed by atoms with Gasteiger partial charge in [0.1, 0.15) is 0 Å². The second-order valence-corrected chi connectivity index (χ2v) is 3.49. The van der Waals surface area contributed by atoms with Crippen molar-refractivity contribution in [2.45, 2.75) is 19.4 Å². The number of aliphatic hydroxyl groups excluding tert-OH is 2. The first kappa shape index (κ1) is 8.97. The molecule has 11 heavy (non-hydrogen) atoms. The molecule has 0 amide bonds. The van der Waals surface area contributed by atoms with E-state index in [0.717, 1.165) is 26.1 Å². The molecule has 3 nitrogen and oxygen atoms in total. The SMILES string of the molecule is CC(CO)CN1CC[C@H](O)C1. The number of hydrogen-bond donors (Lipinski definition) is 2. The summed E-state index contributed by atoms with van der Waals surface area (Å²) in [6.07, 6.45) is 0.749. The average Bonchev–Trinajstić information content (AvgIpc) is 2.35. The van der Waals surface area contributed by atoms with Gasteiger partial charge >= 0.3 is 0 Å². The Morgan fingerprint density at radius 3 is 2.82 bits per heavy atom. The molecule has 0 aromatic carbocycles. The van der Waals surface area contributed by atoms with Crippen LogP contribution in [0.3, 0.4) is 0 Å². The van der Waals surface area contributed by atoms with Gasteiger partial charge in [0.15, 0.2) is 0 Å². The van der Waals surface area contributed by atoms with Crippen molar-refractivity contribution in [1.82, 2.24) is 4.90 Å². The summed E-state index contributed by atoms with van der Waals surface area (Å²) in [4.78, 5) is 2.20. The molecule has 66 valence electrons. The van der Waals surface area contributed by atoms with Gasteiger partial charge in [-0.05, 0) is 12.3 Å². The second-order valence-electron chi connectivity index (χ2n) is 3.49. The Labute approximate surface area is 67.6 Å². The standard InChI is InChI=1S/C8H17NO2/c1-7(6-10)4-9-3-2-8(11)5-9/h7-8,10-11H,2-6H2,1H3/t7?,8-/m0/s1. The summed E-state index contributed by atoms with van der Waals surface area (Å²) < 4.78 is 0. The van der Waals surface area contributed by atoms with Crippen molar-refractivity contribution in [2.24, 2.45) is 5.92 Å². The molecule has 0 aromatic heterocycles. The lowest BCUT2D eigenvalue weighted by Gasteiger charge is -2.18. The average molecular weight is 159 g/mol. The van der Waals surface area contributed by atoms with Crippen molar-refractivity contribution in [1.29, 1.82) is 0 Å². The van der Waals surface area contributed by atoms with Gasteiger partial charge in [0, 0.05) is 26.2 Å². The highest BCUT2D eigenvalue weighted by molar-refractivity contribution is 4.75. The molecule has 0 saturated carbocycles. The monoisotopic (exact) mass is 159 g/mol. The molecule has 1 aliphatic heterocycles. The molecule has 1 aliphatic rings. The van der Waals surface area contributed by atoms with Crippen LogP contribution in [0.1, 0.15) is 13.3 Å². The number of aliphatic hydroxyl groups is 2. The van der Waals surface area contributed by atoms with Gasteiger partial charge in [-0.2, -0.15) is 0 Å². The quantitative estimate of drug-likeness (QED) is 0.593. The Balaban J connectivity index is 2.17. The van der Waals surface area contributed by atoms with E-state index in [2.05, 4.69) is 4.90 Å². The van der Waals surface area contributed by atoms with Gasteiger partial charge in [-0.3, -0.25) is 0 Å². The summed E-state index contributed by atoms with van der Waals surface area (Å²) in [6.45, 7) is 4.93. The number of rotatable bonds is 3. The van der Waals surface area contributed by atoms with Crippen LogP contribution >= 0.6 is 0 Å². The molecular weight excluding hydrogens is 142 g/mol. The maximum absolute atomic E-state index is 9.18. The highest BCUT2D eigenvalue weighted by Gasteiger charge is 2.20. The summed E-state index contributed by atoms with van der Waals surface area (Å²) in [5.74, 6) is 0.334. The Kier molecular flexibility index (Phi) is 3.30. The lowest BCUT2D eigenvalue weighted by Crippen LogP contribution is -2.28. The molecule has 1 heterocycles. The van der Waals surface area contributed by atoms with Crippen LogP contribution in [0.5, 0.6) is 0 Å². The number of nitrogens with zero attached hydrogens (tertiary/aromatic N) is 1. The van der Waals surface area contributed by atoms with E-state index in [-0.39, 0.29) is 12.7 Å². The lowest BCUT2D eigenvalue weighted by molar-refractivity contribution is 0.155. The smallest absolute Gasteiger partial charge is 0.0679 e. The highest BCUT2D eigenvalue weighted by atomic mass is 16.3. The van der Waals surface area contributed by atoms with Crippen LogP contribution in [0.15, 0.2) is 0 Å². The summed E-state index contributed by atoms with van der Waals surface area (Å²) in [5, 5.41) is 18.0. The Bertz CT molecular complexity index is 119. The first-order valence-corrected chi connectivity index (χ1v) is 4.23. The topological polar surface area (TPSA) is 43.7 Å². The third-order valence-corrected chi connectivity index (χ3v) is 2.13. The molecule has 2 atom stereocenters. The van der Waals surface area contributed by atoms with Crippen molar-refractivity contribution in [2.75, 3.05) is 26.2 Å². The first-order chi connectivity index (χ1) is 5.22. The van der Waals surface area contributed by atoms with Crippen LogP contribution in [0.4, 0.5) is 0 Å². The van der Waals surface area contributed by atoms with Crippen LogP contribution in [-0.2, 0) is 0 Å². The summed E-state index contributed by atoms with van der Waals surface area (Å²) in [7, 11) is 0. The largest absolute Gasteiger partial charge is 0.396 e. The normalized spacial score (nSPS) is 29.2. The molecule has 0 aliphatic carbocycles. The summed E-state index contributed by atoms with van der Waals surface area (Å²) in [6, 6.07) is 0. The maximum atomic E-state index is 9.18. The van der Waals surface area contributed by atoms with Crippen LogP contribution in [-0.4, -0.2) is 47.5 Å². The fourth-order valence-corrected chi connectivity index (χ4v) is 1.48. The molecule has 1 unspecified atom stereocenters. The van der Waals surface area contributed by atoms with Crippen molar-refractivity contribution in [3.8, 4) is 0 Å². The predicted octanol–water partition coefficient (Wildman–Crippen LogP) is -0.319. The van der Waals surface area contributed by atoms with Gasteiger partial charge in [-0.25, -0.2) is 0 Å². The minimum atomic E-state index is -0.138. The Hall–Kier alpha value is -0.120. The van der Waals surface area contributed by atoms with E-state index in [9.17, 15) is 5.11 Å². The van der Waals surface area contributed by atoms with E-state index in [1.54, 1.807) is 0 Å². The number of hydrogen-bond acceptors (Lipinski definition) is 3. The molecule has 3 heteroatoms. The predicted molar refractivity (Wildman–Crippen MR) is 43.3 cm³/mol. The molecule has 0 radical (unpaired) electrons. The van der Waals surface area contributed by atoms with Crippen LogP contribution in [0, 0.1) is 5.92 Å². The molecule has 0 spiro atoms. The minimum absolute atomic E-state index is 0.138. The summed E-state index contributed by atoms with van der Waals surface area (Å²) >= 11 is 0. The zero-order chi connectivity index (χ0) is 8.27. The molecule has 1 saturated heterocycles. The van der Waals surface area contributed by atoms with E-state index in [4.69, 9.17) is 5.11 Å². The third-order valence-electron chi connectivity index (χ3n) is 2.13. The van der Waals surface area contributed by atoms with Crippen LogP contribution in [0.25, 0.3) is 0 Å².